The first-order valence-corrected chi connectivity index (χ1v) is 8.11. The minimum Gasteiger partial charge on any atom is -0.380 e. The van der Waals surface area contributed by atoms with Crippen LogP contribution in [0.15, 0.2) is 22.7 Å². The van der Waals surface area contributed by atoms with Crippen LogP contribution in [0.3, 0.4) is 0 Å². The number of rotatable bonds is 9. The highest BCUT2D eigenvalue weighted by atomic mass is 79.9. The fraction of sp³-hybridized carbons (Fsp3) is 0.625. The number of halogens is 2. The standard InChI is InChI=1S/C16H25BrFNO/c1-4-6-16(20-3)15(19-9-5-2)11-12-10-13(17)7-8-14(12)18/h7-8,10,15-16,19H,4-6,9,11H2,1-3H3. The molecule has 0 aliphatic heterocycles. The first-order chi connectivity index (χ1) is 9.62. The number of methoxy groups -OCH3 is 1. The van der Waals surface area contributed by atoms with Crippen LogP contribution in [0.2, 0.25) is 0 Å². The van der Waals surface area contributed by atoms with Crippen molar-refractivity contribution in [2.24, 2.45) is 0 Å². The molecular weight excluding hydrogens is 321 g/mol. The van der Waals surface area contributed by atoms with Crippen LogP contribution in [0.5, 0.6) is 0 Å². The third kappa shape index (κ3) is 5.51. The maximum Gasteiger partial charge on any atom is 0.126 e. The number of hydrogen-bond donors (Lipinski definition) is 1. The Morgan fingerprint density at radius 1 is 1.30 bits per heavy atom. The van der Waals surface area contributed by atoms with Crippen molar-refractivity contribution in [1.82, 2.24) is 5.32 Å². The van der Waals surface area contributed by atoms with Gasteiger partial charge in [-0.3, -0.25) is 0 Å². The molecule has 2 atom stereocenters. The normalized spacial score (nSPS) is 14.2. The summed E-state index contributed by atoms with van der Waals surface area (Å²) in [5.41, 5.74) is 0.728. The molecule has 0 fully saturated rings. The lowest BCUT2D eigenvalue weighted by Crippen LogP contribution is -2.43. The van der Waals surface area contributed by atoms with E-state index in [1.807, 2.05) is 6.07 Å². The highest BCUT2D eigenvalue weighted by molar-refractivity contribution is 9.10. The summed E-state index contributed by atoms with van der Waals surface area (Å²) < 4.78 is 20.4. The number of hydrogen-bond acceptors (Lipinski definition) is 2. The molecule has 1 aromatic rings. The average Bonchev–Trinajstić information content (AvgIpc) is 2.44. The molecule has 1 rings (SSSR count). The molecule has 1 N–H and O–H groups in total. The zero-order valence-electron chi connectivity index (χ0n) is 12.6. The maximum absolute atomic E-state index is 13.9. The van der Waals surface area contributed by atoms with Gasteiger partial charge in [0.2, 0.25) is 0 Å². The maximum atomic E-state index is 13.9. The van der Waals surface area contributed by atoms with E-state index in [9.17, 15) is 4.39 Å². The zero-order valence-corrected chi connectivity index (χ0v) is 14.2. The first kappa shape index (κ1) is 17.6. The van der Waals surface area contributed by atoms with Gasteiger partial charge >= 0.3 is 0 Å². The van der Waals surface area contributed by atoms with Crippen LogP contribution in [0.4, 0.5) is 4.39 Å². The fourth-order valence-electron chi connectivity index (χ4n) is 2.37. The zero-order chi connectivity index (χ0) is 15.0. The molecule has 0 aliphatic rings. The van der Waals surface area contributed by atoms with Gasteiger partial charge in [-0.05, 0) is 49.6 Å². The van der Waals surface area contributed by atoms with Gasteiger partial charge in [0.15, 0.2) is 0 Å². The van der Waals surface area contributed by atoms with E-state index < -0.39 is 0 Å². The molecule has 1 aromatic carbocycles. The molecule has 114 valence electrons. The van der Waals surface area contributed by atoms with E-state index in [0.29, 0.717) is 6.42 Å². The first-order valence-electron chi connectivity index (χ1n) is 7.32. The SMILES string of the molecule is CCCNC(Cc1cc(Br)ccc1F)C(CCC)OC. The van der Waals surface area contributed by atoms with Gasteiger partial charge in [-0.25, -0.2) is 4.39 Å². The summed E-state index contributed by atoms with van der Waals surface area (Å²) in [6.45, 7) is 5.19. The fourth-order valence-corrected chi connectivity index (χ4v) is 2.78. The average molecular weight is 346 g/mol. The van der Waals surface area contributed by atoms with Crippen molar-refractivity contribution in [1.29, 1.82) is 0 Å². The molecule has 0 saturated carbocycles. The van der Waals surface area contributed by atoms with Gasteiger partial charge in [-0.2, -0.15) is 0 Å². The number of nitrogens with one attached hydrogen (secondary N) is 1. The van der Waals surface area contributed by atoms with Crippen molar-refractivity contribution < 1.29 is 9.13 Å². The van der Waals surface area contributed by atoms with Gasteiger partial charge in [0.25, 0.3) is 0 Å². The van der Waals surface area contributed by atoms with Gasteiger partial charge in [-0.1, -0.05) is 36.2 Å². The lowest BCUT2D eigenvalue weighted by Gasteiger charge is -2.27. The van der Waals surface area contributed by atoms with E-state index in [1.165, 1.54) is 6.07 Å². The van der Waals surface area contributed by atoms with Crippen LogP contribution >= 0.6 is 15.9 Å². The van der Waals surface area contributed by atoms with Crippen molar-refractivity contribution in [2.45, 2.75) is 51.7 Å². The highest BCUT2D eigenvalue weighted by Crippen LogP contribution is 2.19. The Kier molecular flexibility index (Phi) is 8.34. The molecular formula is C16H25BrFNO. The smallest absolute Gasteiger partial charge is 0.126 e. The monoisotopic (exact) mass is 345 g/mol. The Balaban J connectivity index is 2.84. The Morgan fingerprint density at radius 3 is 2.65 bits per heavy atom. The van der Waals surface area contributed by atoms with E-state index in [-0.39, 0.29) is 18.0 Å². The van der Waals surface area contributed by atoms with Crippen LogP contribution in [0.1, 0.15) is 38.7 Å². The topological polar surface area (TPSA) is 21.3 Å². The molecule has 20 heavy (non-hydrogen) atoms. The van der Waals surface area contributed by atoms with E-state index in [2.05, 4.69) is 35.1 Å². The van der Waals surface area contributed by atoms with Crippen LogP contribution < -0.4 is 5.32 Å². The lowest BCUT2D eigenvalue weighted by atomic mass is 9.97. The van der Waals surface area contributed by atoms with E-state index in [4.69, 9.17) is 4.74 Å². The molecule has 2 nitrogen and oxygen atoms in total. The number of ether oxygens (including phenoxy) is 1. The van der Waals surface area contributed by atoms with Crippen LogP contribution in [-0.4, -0.2) is 25.8 Å². The van der Waals surface area contributed by atoms with Crippen LogP contribution in [-0.2, 0) is 11.2 Å². The van der Waals surface area contributed by atoms with Crippen molar-refractivity contribution in [3.8, 4) is 0 Å². The Morgan fingerprint density at radius 2 is 2.05 bits per heavy atom. The van der Waals surface area contributed by atoms with Gasteiger partial charge < -0.3 is 10.1 Å². The van der Waals surface area contributed by atoms with Crippen LogP contribution in [0.25, 0.3) is 0 Å². The summed E-state index contributed by atoms with van der Waals surface area (Å²) in [6.07, 6.45) is 3.85. The van der Waals surface area contributed by atoms with Crippen molar-refractivity contribution in [3.05, 3.63) is 34.1 Å². The second-order valence-electron chi connectivity index (χ2n) is 5.06. The van der Waals surface area contributed by atoms with Gasteiger partial charge in [0.1, 0.15) is 5.82 Å². The minimum atomic E-state index is -0.150. The van der Waals surface area contributed by atoms with Crippen LogP contribution in [0, 0.1) is 5.82 Å². The largest absolute Gasteiger partial charge is 0.380 e. The molecule has 0 aliphatic carbocycles. The summed E-state index contributed by atoms with van der Waals surface area (Å²) in [4.78, 5) is 0. The molecule has 0 bridgehead atoms. The summed E-state index contributed by atoms with van der Waals surface area (Å²) in [5.74, 6) is -0.150. The Hall–Kier alpha value is -0.450. The van der Waals surface area contributed by atoms with Crippen molar-refractivity contribution in [2.75, 3.05) is 13.7 Å². The molecule has 0 heterocycles. The summed E-state index contributed by atoms with van der Waals surface area (Å²) in [7, 11) is 1.73. The second kappa shape index (κ2) is 9.48. The number of benzene rings is 1. The third-order valence-electron chi connectivity index (χ3n) is 3.43. The molecule has 0 amide bonds. The molecule has 0 aromatic heterocycles. The predicted molar refractivity (Wildman–Crippen MR) is 85.6 cm³/mol. The molecule has 4 heteroatoms. The quantitative estimate of drug-likeness (QED) is 0.719. The summed E-state index contributed by atoms with van der Waals surface area (Å²) in [5, 5.41) is 3.49. The van der Waals surface area contributed by atoms with Crippen molar-refractivity contribution in [3.63, 3.8) is 0 Å². The minimum absolute atomic E-state index is 0.116. The highest BCUT2D eigenvalue weighted by Gasteiger charge is 2.21. The van der Waals surface area contributed by atoms with Crippen molar-refractivity contribution >= 4 is 15.9 Å². The molecule has 2 unspecified atom stereocenters. The second-order valence-corrected chi connectivity index (χ2v) is 5.98. The van der Waals surface area contributed by atoms with Gasteiger partial charge in [-0.15, -0.1) is 0 Å². The predicted octanol–water partition coefficient (Wildman–Crippen LogP) is 4.31. The van der Waals surface area contributed by atoms with Gasteiger partial charge in [0.05, 0.1) is 6.10 Å². The Labute approximate surface area is 130 Å². The van der Waals surface area contributed by atoms with E-state index in [0.717, 1.165) is 35.8 Å². The summed E-state index contributed by atoms with van der Waals surface area (Å²) >= 11 is 3.41. The molecule has 0 radical (unpaired) electrons. The third-order valence-corrected chi connectivity index (χ3v) is 3.92. The van der Waals surface area contributed by atoms with E-state index >= 15 is 0 Å². The van der Waals surface area contributed by atoms with Gasteiger partial charge in [0, 0.05) is 17.6 Å². The van der Waals surface area contributed by atoms with E-state index in [1.54, 1.807) is 13.2 Å². The summed E-state index contributed by atoms with van der Waals surface area (Å²) in [6, 6.07) is 5.24. The molecule has 0 saturated heterocycles. The Bertz CT molecular complexity index is 400. The lowest BCUT2D eigenvalue weighted by molar-refractivity contribution is 0.0606. The molecule has 0 spiro atoms.